The average Bonchev–Trinajstić information content (AvgIpc) is 3.51. The van der Waals surface area contributed by atoms with E-state index in [-0.39, 0.29) is 22.9 Å². The van der Waals surface area contributed by atoms with Gasteiger partial charge in [0.1, 0.15) is 11.5 Å². The van der Waals surface area contributed by atoms with Crippen molar-refractivity contribution in [3.05, 3.63) is 70.4 Å². The van der Waals surface area contributed by atoms with Crippen molar-refractivity contribution in [2.24, 2.45) is 11.7 Å². The van der Waals surface area contributed by atoms with Crippen LogP contribution in [0, 0.1) is 41.5 Å². The van der Waals surface area contributed by atoms with E-state index in [9.17, 15) is 16.8 Å². The summed E-state index contributed by atoms with van der Waals surface area (Å²) in [5.74, 6) is 13.3. The third-order valence-electron chi connectivity index (χ3n) is 7.95. The third kappa shape index (κ3) is 7.37. The molecular formula is C31H42N6O6S2. The molecule has 0 spiro atoms. The highest BCUT2D eigenvalue weighted by atomic mass is 32.2. The van der Waals surface area contributed by atoms with Crippen LogP contribution < -0.4 is 11.7 Å². The Balaban J connectivity index is 1.28. The molecule has 4 rings (SSSR count). The van der Waals surface area contributed by atoms with E-state index < -0.39 is 20.0 Å². The number of nitrogens with zero attached hydrogens (tertiary/aromatic N) is 4. The number of aromatic nitrogens is 2. The molecule has 4 N–H and O–H groups in total. The molecule has 244 valence electrons. The molecule has 2 heterocycles. The Morgan fingerprint density at radius 1 is 0.600 bits per heavy atom. The number of hydrazine groups is 2. The number of hydrogen-bond acceptors (Lipinski definition) is 10. The van der Waals surface area contributed by atoms with E-state index in [1.54, 1.807) is 52.0 Å². The topological polar surface area (TPSA) is 179 Å². The first-order valence-electron chi connectivity index (χ1n) is 14.8. The van der Waals surface area contributed by atoms with Gasteiger partial charge in [-0.3, -0.25) is 11.7 Å². The Hall–Kier alpha value is -3.40. The van der Waals surface area contributed by atoms with Gasteiger partial charge in [-0.15, -0.1) is 8.83 Å². The van der Waals surface area contributed by atoms with E-state index in [1.807, 2.05) is 26.0 Å². The molecule has 45 heavy (non-hydrogen) atoms. The summed E-state index contributed by atoms with van der Waals surface area (Å²) in [5.41, 5.74) is 5.46. The highest BCUT2D eigenvalue weighted by Gasteiger charge is 2.26. The predicted octanol–water partition coefficient (Wildman–Crippen LogP) is 5.23. The van der Waals surface area contributed by atoms with E-state index in [2.05, 4.69) is 10.3 Å². The molecule has 0 aliphatic rings. The van der Waals surface area contributed by atoms with E-state index in [0.29, 0.717) is 58.0 Å². The molecule has 12 nitrogen and oxygen atoms in total. The second-order valence-corrected chi connectivity index (χ2v) is 15.1. The van der Waals surface area contributed by atoms with Crippen LogP contribution in [-0.2, 0) is 20.0 Å². The largest absolute Gasteiger partial charge is 0.361 e. The summed E-state index contributed by atoms with van der Waals surface area (Å²) in [6.07, 6.45) is 3.31. The van der Waals surface area contributed by atoms with E-state index in [1.165, 1.54) is 0 Å². The molecule has 0 atom stereocenters. The molecule has 2 aromatic carbocycles. The van der Waals surface area contributed by atoms with E-state index >= 15 is 0 Å². The van der Waals surface area contributed by atoms with Crippen molar-refractivity contribution in [2.45, 2.75) is 83.4 Å². The zero-order chi connectivity index (χ0) is 33.1. The maximum atomic E-state index is 13.3. The fraction of sp³-hybridized carbons (Fsp3) is 0.419. The van der Waals surface area contributed by atoms with Crippen molar-refractivity contribution in [1.29, 1.82) is 0 Å². The second-order valence-electron chi connectivity index (χ2n) is 11.4. The SMILES string of the molecule is Cc1ccc(-c2c(C)noc2C)cc1S(=O)(=O)N(N)CCCCCCCN(N)S(=O)(=O)c1cc(-c2c(C)noc2C)ccc1C. The number of unbranched alkanes of at least 4 members (excludes halogenated alkanes) is 4. The summed E-state index contributed by atoms with van der Waals surface area (Å²) < 4.78 is 65.5. The lowest BCUT2D eigenvalue weighted by molar-refractivity contribution is 0.393. The van der Waals surface area contributed by atoms with Crippen molar-refractivity contribution >= 4 is 20.0 Å². The van der Waals surface area contributed by atoms with Crippen molar-refractivity contribution in [3.63, 3.8) is 0 Å². The van der Waals surface area contributed by atoms with Crippen molar-refractivity contribution in [2.75, 3.05) is 13.1 Å². The first-order valence-corrected chi connectivity index (χ1v) is 17.7. The smallest absolute Gasteiger partial charge is 0.255 e. The van der Waals surface area contributed by atoms with Crippen LogP contribution in [0.2, 0.25) is 0 Å². The van der Waals surface area contributed by atoms with Crippen molar-refractivity contribution in [3.8, 4) is 22.3 Å². The molecule has 14 heteroatoms. The number of rotatable bonds is 14. The maximum Gasteiger partial charge on any atom is 0.255 e. The Labute approximate surface area is 265 Å². The van der Waals surface area contributed by atoms with Crippen LogP contribution in [0.5, 0.6) is 0 Å². The number of aryl methyl sites for hydroxylation is 6. The quantitative estimate of drug-likeness (QED) is 0.104. The minimum Gasteiger partial charge on any atom is -0.361 e. The van der Waals surface area contributed by atoms with Gasteiger partial charge in [-0.25, -0.2) is 16.8 Å². The summed E-state index contributed by atoms with van der Waals surface area (Å²) in [5, 5.41) is 7.93. The van der Waals surface area contributed by atoms with Gasteiger partial charge in [0.25, 0.3) is 20.0 Å². The van der Waals surface area contributed by atoms with Crippen LogP contribution in [0.15, 0.2) is 55.2 Å². The molecule has 0 radical (unpaired) electrons. The molecule has 4 aromatic rings. The normalized spacial score (nSPS) is 12.5. The molecular weight excluding hydrogens is 617 g/mol. The molecule has 0 aliphatic carbocycles. The second kappa shape index (κ2) is 13.9. The summed E-state index contributed by atoms with van der Waals surface area (Å²) in [6.45, 7) is 10.9. The fourth-order valence-corrected chi connectivity index (χ4v) is 8.16. The van der Waals surface area contributed by atoms with Crippen LogP contribution in [0.1, 0.15) is 66.1 Å². The van der Waals surface area contributed by atoms with Gasteiger partial charge in [0.05, 0.1) is 21.2 Å². The number of benzene rings is 2. The van der Waals surface area contributed by atoms with Gasteiger partial charge in [-0.2, -0.15) is 0 Å². The van der Waals surface area contributed by atoms with E-state index in [0.717, 1.165) is 39.2 Å². The maximum absolute atomic E-state index is 13.3. The van der Waals surface area contributed by atoms with Gasteiger partial charge in [0, 0.05) is 24.2 Å². The van der Waals surface area contributed by atoms with Crippen molar-refractivity contribution in [1.82, 2.24) is 19.1 Å². The number of hydrogen-bond donors (Lipinski definition) is 2. The van der Waals surface area contributed by atoms with Gasteiger partial charge in [-0.05, 0) is 88.8 Å². The first-order chi connectivity index (χ1) is 21.2. The minimum absolute atomic E-state index is 0.138. The Kier molecular flexibility index (Phi) is 10.7. The molecule has 0 unspecified atom stereocenters. The summed E-state index contributed by atoms with van der Waals surface area (Å²) in [4.78, 5) is 0.276. The van der Waals surface area contributed by atoms with Crippen LogP contribution in [0.25, 0.3) is 22.3 Å². The molecule has 0 saturated carbocycles. The molecule has 0 bridgehead atoms. The lowest BCUT2D eigenvalue weighted by atomic mass is 10.0. The molecule has 0 saturated heterocycles. The molecule has 0 fully saturated rings. The van der Waals surface area contributed by atoms with Gasteiger partial charge >= 0.3 is 0 Å². The van der Waals surface area contributed by atoms with Crippen LogP contribution in [0.3, 0.4) is 0 Å². The summed E-state index contributed by atoms with van der Waals surface area (Å²) in [6, 6.07) is 10.4. The summed E-state index contributed by atoms with van der Waals surface area (Å²) in [7, 11) is -7.85. The zero-order valence-corrected chi connectivity index (χ0v) is 28.3. The highest BCUT2D eigenvalue weighted by molar-refractivity contribution is 7.89. The highest BCUT2D eigenvalue weighted by Crippen LogP contribution is 2.32. The Morgan fingerprint density at radius 2 is 0.956 bits per heavy atom. The van der Waals surface area contributed by atoms with E-state index in [4.69, 9.17) is 20.7 Å². The van der Waals surface area contributed by atoms with Gasteiger partial charge in [0.15, 0.2) is 0 Å². The van der Waals surface area contributed by atoms with Crippen molar-refractivity contribution < 1.29 is 25.9 Å². The molecule has 2 aromatic heterocycles. The minimum atomic E-state index is -3.92. The van der Waals surface area contributed by atoms with Gasteiger partial charge < -0.3 is 9.05 Å². The lowest BCUT2D eigenvalue weighted by Crippen LogP contribution is -2.38. The number of sulfonamides is 2. The number of nitrogens with two attached hydrogens (primary N) is 2. The standard InChI is InChI=1S/C31H42N6O6S2/c1-20-12-14-26(30-22(3)34-42-24(30)5)18-28(20)44(38,39)36(32)16-10-8-7-9-11-17-37(33)45(40,41)29-19-27(15-13-21(29)2)31-23(4)35-43-25(31)6/h12-15,18-19H,7-11,16-17,32-33H2,1-6H3. The summed E-state index contributed by atoms with van der Waals surface area (Å²) >= 11 is 0. The van der Waals surface area contributed by atoms with Gasteiger partial charge in [-0.1, -0.05) is 53.8 Å². The monoisotopic (exact) mass is 658 g/mol. The molecule has 0 amide bonds. The lowest BCUT2D eigenvalue weighted by Gasteiger charge is -2.19. The average molecular weight is 659 g/mol. The van der Waals surface area contributed by atoms with Gasteiger partial charge in [0.2, 0.25) is 0 Å². The fourth-order valence-electron chi connectivity index (χ4n) is 5.42. The Bertz CT molecular complexity index is 1710. The predicted molar refractivity (Wildman–Crippen MR) is 172 cm³/mol. The first kappa shape index (κ1) is 34.5. The van der Waals surface area contributed by atoms with Crippen LogP contribution >= 0.6 is 0 Å². The Morgan fingerprint density at radius 3 is 1.29 bits per heavy atom. The third-order valence-corrected chi connectivity index (χ3v) is 11.5. The zero-order valence-electron chi connectivity index (χ0n) is 26.6. The van der Waals surface area contributed by atoms with Crippen LogP contribution in [-0.4, -0.2) is 49.1 Å². The van der Waals surface area contributed by atoms with Crippen LogP contribution in [0.4, 0.5) is 0 Å². The molecule has 0 aliphatic heterocycles.